The summed E-state index contributed by atoms with van der Waals surface area (Å²) >= 11 is 0. The maximum atomic E-state index is 12.2. The Morgan fingerprint density at radius 2 is 1.88 bits per heavy atom. The Morgan fingerprint density at radius 3 is 2.55 bits per heavy atom. The highest BCUT2D eigenvalue weighted by Crippen LogP contribution is 2.32. The third-order valence-corrected chi connectivity index (χ3v) is 8.39. The molecule has 1 atom stereocenters. The number of ketones is 1. The Bertz CT molecular complexity index is 1380. The number of carboxylic acid groups (broad SMARTS) is 1. The van der Waals surface area contributed by atoms with Crippen LogP contribution >= 0.6 is 0 Å². The summed E-state index contributed by atoms with van der Waals surface area (Å²) in [5, 5.41) is 16.7. The lowest BCUT2D eigenvalue weighted by molar-refractivity contribution is -0.137. The normalized spacial score (nSPS) is 16.1. The van der Waals surface area contributed by atoms with Gasteiger partial charge in [-0.25, -0.2) is 9.78 Å². The molecule has 0 spiro atoms. The molecule has 2 aromatic carbocycles. The average molecular weight is 541 g/mol. The van der Waals surface area contributed by atoms with Gasteiger partial charge >= 0.3 is 5.97 Å². The molecule has 1 unspecified atom stereocenters. The standard InChI is InChI=1S/C33H40N4O3/c1-4-24-20-27(22(3)38)18-21(2)31(24)35-30(33(39)40)19-23-7-10-28(11-8-23)37-16-13-25(14-17-37)29-12-9-26-6-5-15-34-32(26)36-29/h7-12,18,20,25,30,35H,4-6,13-17,19H2,1-3H3,(H,34,36)(H,39,40). The zero-order valence-electron chi connectivity index (χ0n) is 23.8. The molecular formula is C33H40N4O3. The fourth-order valence-corrected chi connectivity index (χ4v) is 6.01. The van der Waals surface area contributed by atoms with Crippen molar-refractivity contribution in [2.24, 2.45) is 0 Å². The monoisotopic (exact) mass is 540 g/mol. The summed E-state index contributed by atoms with van der Waals surface area (Å²) < 4.78 is 0. The van der Waals surface area contributed by atoms with Gasteiger partial charge in [-0.3, -0.25) is 4.79 Å². The molecule has 1 aromatic heterocycles. The van der Waals surface area contributed by atoms with Crippen molar-refractivity contribution in [3.05, 3.63) is 82.0 Å². The minimum atomic E-state index is -0.894. The summed E-state index contributed by atoms with van der Waals surface area (Å²) in [6, 6.07) is 15.7. The van der Waals surface area contributed by atoms with Crippen LogP contribution in [-0.4, -0.2) is 47.5 Å². The number of rotatable bonds is 9. The first kappa shape index (κ1) is 27.7. The van der Waals surface area contributed by atoms with Crippen molar-refractivity contribution in [3.63, 3.8) is 0 Å². The molecule has 5 rings (SSSR count). The minimum absolute atomic E-state index is 0.0102. The van der Waals surface area contributed by atoms with Crippen LogP contribution in [-0.2, 0) is 24.1 Å². The summed E-state index contributed by atoms with van der Waals surface area (Å²) in [5.41, 5.74) is 7.98. The van der Waals surface area contributed by atoms with Gasteiger partial charge in [0.2, 0.25) is 0 Å². The van der Waals surface area contributed by atoms with E-state index in [2.05, 4.69) is 39.8 Å². The highest BCUT2D eigenvalue weighted by Gasteiger charge is 2.24. The molecule has 0 radical (unpaired) electrons. The van der Waals surface area contributed by atoms with Crippen molar-refractivity contribution in [2.45, 2.75) is 71.3 Å². The molecule has 3 aromatic rings. The number of anilines is 3. The molecule has 0 aliphatic carbocycles. The zero-order valence-corrected chi connectivity index (χ0v) is 23.8. The Balaban J connectivity index is 1.21. The lowest BCUT2D eigenvalue weighted by Crippen LogP contribution is -2.33. The van der Waals surface area contributed by atoms with E-state index in [4.69, 9.17) is 4.98 Å². The van der Waals surface area contributed by atoms with Gasteiger partial charge in [0, 0.05) is 54.6 Å². The SMILES string of the molecule is CCc1cc(C(C)=O)cc(C)c1NC(Cc1ccc(N2CCC(c3ccc4c(n3)NCCC4)CC2)cc1)C(=O)O. The molecule has 2 aliphatic rings. The van der Waals surface area contributed by atoms with Gasteiger partial charge < -0.3 is 20.6 Å². The van der Waals surface area contributed by atoms with Crippen LogP contribution < -0.4 is 15.5 Å². The second kappa shape index (κ2) is 12.1. The van der Waals surface area contributed by atoms with E-state index in [9.17, 15) is 14.7 Å². The van der Waals surface area contributed by atoms with Crippen LogP contribution in [0.25, 0.3) is 0 Å². The van der Waals surface area contributed by atoms with E-state index < -0.39 is 12.0 Å². The van der Waals surface area contributed by atoms with Crippen molar-refractivity contribution in [3.8, 4) is 0 Å². The number of piperidine rings is 1. The van der Waals surface area contributed by atoms with Crippen molar-refractivity contribution in [1.82, 2.24) is 4.98 Å². The molecule has 40 heavy (non-hydrogen) atoms. The third kappa shape index (κ3) is 6.14. The van der Waals surface area contributed by atoms with Gasteiger partial charge in [-0.15, -0.1) is 0 Å². The van der Waals surface area contributed by atoms with Crippen LogP contribution in [0.4, 0.5) is 17.2 Å². The van der Waals surface area contributed by atoms with Crippen LogP contribution in [0.1, 0.15) is 77.3 Å². The first-order valence-electron chi connectivity index (χ1n) is 14.5. The van der Waals surface area contributed by atoms with Crippen molar-refractivity contribution >= 4 is 28.9 Å². The summed E-state index contributed by atoms with van der Waals surface area (Å²) in [5.74, 6) is 0.670. The Labute approximate surface area is 237 Å². The molecule has 3 N–H and O–H groups in total. The number of carbonyl (C=O) groups is 2. The molecule has 1 saturated heterocycles. The number of benzene rings is 2. The molecule has 3 heterocycles. The Hall–Kier alpha value is -3.87. The van der Waals surface area contributed by atoms with E-state index in [1.165, 1.54) is 23.4 Å². The highest BCUT2D eigenvalue weighted by molar-refractivity contribution is 5.95. The fourth-order valence-electron chi connectivity index (χ4n) is 6.01. The van der Waals surface area contributed by atoms with Gasteiger partial charge in [-0.1, -0.05) is 25.1 Å². The van der Waals surface area contributed by atoms with E-state index >= 15 is 0 Å². The first-order valence-corrected chi connectivity index (χ1v) is 14.5. The molecule has 0 amide bonds. The lowest BCUT2D eigenvalue weighted by atomic mass is 9.92. The van der Waals surface area contributed by atoms with Gasteiger partial charge in [0.25, 0.3) is 0 Å². The number of hydrogen-bond acceptors (Lipinski definition) is 6. The van der Waals surface area contributed by atoms with Gasteiger partial charge in [0.15, 0.2) is 5.78 Å². The molecule has 7 nitrogen and oxygen atoms in total. The molecule has 2 aliphatic heterocycles. The van der Waals surface area contributed by atoms with Crippen molar-refractivity contribution in [1.29, 1.82) is 0 Å². The number of Topliss-reactive ketones (excluding diaryl/α,β-unsaturated/α-hetero) is 1. The van der Waals surface area contributed by atoms with Gasteiger partial charge in [0.05, 0.1) is 0 Å². The molecule has 1 fully saturated rings. The van der Waals surface area contributed by atoms with E-state index in [0.717, 1.165) is 67.1 Å². The molecule has 0 saturated carbocycles. The molecule has 0 bridgehead atoms. The second-order valence-corrected chi connectivity index (χ2v) is 11.2. The van der Waals surface area contributed by atoms with Crippen LogP contribution in [0.5, 0.6) is 0 Å². The zero-order chi connectivity index (χ0) is 28.2. The number of fused-ring (bicyclic) bond motifs is 1. The predicted octanol–water partition coefficient (Wildman–Crippen LogP) is 6.00. The number of carbonyl (C=O) groups excluding carboxylic acids is 1. The van der Waals surface area contributed by atoms with Crippen LogP contribution in [0, 0.1) is 6.92 Å². The van der Waals surface area contributed by atoms with Gasteiger partial charge in [-0.2, -0.15) is 0 Å². The average Bonchev–Trinajstić information content (AvgIpc) is 2.97. The third-order valence-electron chi connectivity index (χ3n) is 8.39. The van der Waals surface area contributed by atoms with E-state index in [0.29, 0.717) is 24.3 Å². The van der Waals surface area contributed by atoms with Crippen LogP contribution in [0.15, 0.2) is 48.5 Å². The summed E-state index contributed by atoms with van der Waals surface area (Å²) in [4.78, 5) is 31.5. The quantitative estimate of drug-likeness (QED) is 0.286. The topological polar surface area (TPSA) is 94.6 Å². The summed E-state index contributed by atoms with van der Waals surface area (Å²) in [6.45, 7) is 8.45. The molecule has 210 valence electrons. The summed E-state index contributed by atoms with van der Waals surface area (Å²) in [6.07, 6.45) is 5.50. The number of aliphatic carboxylic acids is 1. The number of aromatic nitrogens is 1. The van der Waals surface area contributed by atoms with Crippen LogP contribution in [0.2, 0.25) is 0 Å². The Morgan fingerprint density at radius 1 is 1.12 bits per heavy atom. The van der Waals surface area contributed by atoms with E-state index in [1.807, 2.05) is 38.1 Å². The van der Waals surface area contributed by atoms with Gasteiger partial charge in [0.1, 0.15) is 11.9 Å². The summed E-state index contributed by atoms with van der Waals surface area (Å²) in [7, 11) is 0. The number of aryl methyl sites for hydroxylation is 3. The number of nitrogens with one attached hydrogen (secondary N) is 2. The smallest absolute Gasteiger partial charge is 0.326 e. The van der Waals surface area contributed by atoms with Crippen molar-refractivity contribution in [2.75, 3.05) is 35.2 Å². The lowest BCUT2D eigenvalue weighted by Gasteiger charge is -2.34. The second-order valence-electron chi connectivity index (χ2n) is 11.2. The fraction of sp³-hybridized carbons (Fsp3) is 0.424. The van der Waals surface area contributed by atoms with Crippen LogP contribution in [0.3, 0.4) is 0 Å². The van der Waals surface area contributed by atoms with E-state index in [-0.39, 0.29) is 5.78 Å². The predicted molar refractivity (Wildman–Crippen MR) is 161 cm³/mol. The number of pyridine rings is 1. The number of hydrogen-bond donors (Lipinski definition) is 3. The minimum Gasteiger partial charge on any atom is -0.480 e. The molecular weight excluding hydrogens is 500 g/mol. The van der Waals surface area contributed by atoms with E-state index in [1.54, 1.807) is 6.92 Å². The number of carboxylic acids is 1. The maximum absolute atomic E-state index is 12.2. The van der Waals surface area contributed by atoms with Crippen molar-refractivity contribution < 1.29 is 14.7 Å². The number of nitrogens with zero attached hydrogens (tertiary/aromatic N) is 2. The maximum Gasteiger partial charge on any atom is 0.326 e. The van der Waals surface area contributed by atoms with Gasteiger partial charge in [-0.05, 0) is 98.5 Å². The first-order chi connectivity index (χ1) is 19.3. The highest BCUT2D eigenvalue weighted by atomic mass is 16.4. The Kier molecular flexibility index (Phi) is 8.38. The largest absolute Gasteiger partial charge is 0.480 e. The molecule has 7 heteroatoms.